The minimum Gasteiger partial charge on any atom is -0.0762 e. The summed E-state index contributed by atoms with van der Waals surface area (Å²) in [4.78, 5) is 0. The van der Waals surface area contributed by atoms with Gasteiger partial charge in [0.05, 0.1) is 0 Å². The van der Waals surface area contributed by atoms with Crippen LogP contribution in [-0.2, 0) is 0 Å². The normalized spacial score (nSPS) is 8.56. The van der Waals surface area contributed by atoms with Gasteiger partial charge in [-0.3, -0.25) is 0 Å². The lowest BCUT2D eigenvalue weighted by Crippen LogP contribution is -1.74. The van der Waals surface area contributed by atoms with Gasteiger partial charge in [0.25, 0.3) is 0 Å². The Bertz CT molecular complexity index is 139. The maximum atomic E-state index is 2.20. The van der Waals surface area contributed by atoms with E-state index in [9.17, 15) is 0 Å². The Morgan fingerprint density at radius 1 is 0.889 bits per heavy atom. The molecule has 0 bridgehead atoms. The fourth-order valence-corrected chi connectivity index (χ4v) is 0.577. The first-order chi connectivity index (χ1) is 4.04. The van der Waals surface area contributed by atoms with Crippen molar-refractivity contribution in [2.75, 3.05) is 0 Å². The number of allylic oxidation sites excluding steroid dienone is 4. The fraction of sp³-hybridized carbons (Fsp3) is 0.556. The van der Waals surface area contributed by atoms with E-state index in [0.29, 0.717) is 0 Å². The number of hydrogen-bond donors (Lipinski definition) is 0. The van der Waals surface area contributed by atoms with Gasteiger partial charge in [-0.25, -0.2) is 0 Å². The molecule has 0 unspecified atom stereocenters. The van der Waals surface area contributed by atoms with Crippen molar-refractivity contribution in [2.24, 2.45) is 0 Å². The molecule has 0 fully saturated rings. The zero-order valence-corrected chi connectivity index (χ0v) is 7.08. The fourth-order valence-electron chi connectivity index (χ4n) is 0.577. The van der Waals surface area contributed by atoms with E-state index in [1.807, 2.05) is 0 Å². The van der Waals surface area contributed by atoms with E-state index in [2.05, 4.69) is 40.7 Å². The third-order valence-corrected chi connectivity index (χ3v) is 1.29. The summed E-state index contributed by atoms with van der Waals surface area (Å²) >= 11 is 0. The molecule has 9 heavy (non-hydrogen) atoms. The van der Waals surface area contributed by atoms with Crippen LogP contribution in [-0.4, -0.2) is 0 Å². The van der Waals surface area contributed by atoms with Crippen molar-refractivity contribution < 1.29 is 0 Å². The van der Waals surface area contributed by atoms with Gasteiger partial charge in [0.15, 0.2) is 0 Å². The van der Waals surface area contributed by atoms with Crippen LogP contribution in [0.4, 0.5) is 0 Å². The molecule has 0 heteroatoms. The van der Waals surface area contributed by atoms with Gasteiger partial charge in [0.2, 0.25) is 0 Å². The lowest BCUT2D eigenvalue weighted by Gasteiger charge is -1.95. The zero-order chi connectivity index (χ0) is 7.44. The molecule has 0 aromatic rings. The molecule has 0 saturated carbocycles. The predicted octanol–water partition coefficient (Wildman–Crippen LogP) is 3.31. The third-order valence-electron chi connectivity index (χ3n) is 1.29. The Morgan fingerprint density at radius 2 is 1.33 bits per heavy atom. The molecule has 0 aromatic heterocycles. The number of rotatable bonds is 1. The molecule has 0 aliphatic rings. The van der Waals surface area contributed by atoms with Crippen LogP contribution >= 0.6 is 0 Å². The lowest BCUT2D eigenvalue weighted by molar-refractivity contribution is 1.26. The Hall–Kier alpha value is -0.520. The van der Waals surface area contributed by atoms with Crippen LogP contribution in [0.1, 0.15) is 34.6 Å². The molecule has 0 spiro atoms. The molecule has 52 valence electrons. The Labute approximate surface area is 58.3 Å². The molecule has 0 atom stereocenters. The van der Waals surface area contributed by atoms with Gasteiger partial charge in [0, 0.05) is 0 Å². The van der Waals surface area contributed by atoms with Crippen molar-refractivity contribution in [3.63, 3.8) is 0 Å². The quantitative estimate of drug-likeness (QED) is 0.470. The molecule has 0 N–H and O–H groups in total. The monoisotopic (exact) mass is 124 g/mol. The van der Waals surface area contributed by atoms with Gasteiger partial charge in [-0.15, -0.1) is 0 Å². The van der Waals surface area contributed by atoms with E-state index < -0.39 is 0 Å². The maximum Gasteiger partial charge on any atom is -0.0398 e. The van der Waals surface area contributed by atoms with Gasteiger partial charge in [-0.1, -0.05) is 22.8 Å². The minimum absolute atomic E-state index is 1.37. The topological polar surface area (TPSA) is 0 Å². The molecule has 0 heterocycles. The van der Waals surface area contributed by atoms with E-state index in [0.717, 1.165) is 0 Å². The molecule has 0 aliphatic carbocycles. The predicted molar refractivity (Wildman–Crippen MR) is 43.5 cm³/mol. The van der Waals surface area contributed by atoms with Crippen LogP contribution in [0.5, 0.6) is 0 Å². The second-order valence-electron chi connectivity index (χ2n) is 2.90. The highest BCUT2D eigenvalue weighted by molar-refractivity contribution is 5.23. The molecule has 0 amide bonds. The lowest BCUT2D eigenvalue weighted by atomic mass is 10.1. The summed E-state index contributed by atoms with van der Waals surface area (Å²) in [6.45, 7) is 10.6. The summed E-state index contributed by atoms with van der Waals surface area (Å²) in [5.41, 5.74) is 4.15. The van der Waals surface area contributed by atoms with E-state index in [4.69, 9.17) is 0 Å². The van der Waals surface area contributed by atoms with Crippen molar-refractivity contribution in [3.8, 4) is 0 Å². The van der Waals surface area contributed by atoms with Crippen molar-refractivity contribution >= 4 is 0 Å². The van der Waals surface area contributed by atoms with E-state index in [-0.39, 0.29) is 0 Å². The molecular weight excluding hydrogens is 108 g/mol. The highest BCUT2D eigenvalue weighted by Crippen LogP contribution is 2.05. The number of hydrogen-bond acceptors (Lipinski definition) is 0. The van der Waals surface area contributed by atoms with E-state index in [1.54, 1.807) is 0 Å². The Kier molecular flexibility index (Phi) is 3.29. The standard InChI is InChI=1S/C9H16/c1-7(2)6-9(5)8(3)4/h6H,1-5H3. The highest BCUT2D eigenvalue weighted by atomic mass is 13.9. The van der Waals surface area contributed by atoms with Gasteiger partial charge in [-0.2, -0.15) is 0 Å². The first kappa shape index (κ1) is 8.48. The van der Waals surface area contributed by atoms with Crippen LogP contribution in [0.25, 0.3) is 0 Å². The van der Waals surface area contributed by atoms with Gasteiger partial charge >= 0.3 is 0 Å². The van der Waals surface area contributed by atoms with Gasteiger partial charge < -0.3 is 0 Å². The van der Waals surface area contributed by atoms with Gasteiger partial charge in [0.1, 0.15) is 0 Å². The molecule has 0 aliphatic heterocycles. The van der Waals surface area contributed by atoms with Crippen LogP contribution in [0.15, 0.2) is 22.8 Å². The molecule has 0 rings (SSSR count). The van der Waals surface area contributed by atoms with Crippen molar-refractivity contribution in [1.82, 2.24) is 0 Å². The van der Waals surface area contributed by atoms with Crippen molar-refractivity contribution in [1.29, 1.82) is 0 Å². The molecule has 0 saturated heterocycles. The summed E-state index contributed by atoms with van der Waals surface area (Å²) in [6.07, 6.45) is 2.20. The maximum absolute atomic E-state index is 2.20. The summed E-state index contributed by atoms with van der Waals surface area (Å²) < 4.78 is 0. The Balaban J connectivity index is 4.25. The minimum atomic E-state index is 1.37. The third kappa shape index (κ3) is 4.01. The second kappa shape index (κ2) is 3.49. The van der Waals surface area contributed by atoms with Crippen LogP contribution in [0, 0.1) is 0 Å². The highest BCUT2D eigenvalue weighted by Gasteiger charge is 1.84. The van der Waals surface area contributed by atoms with Crippen LogP contribution in [0.2, 0.25) is 0 Å². The van der Waals surface area contributed by atoms with E-state index in [1.165, 1.54) is 16.7 Å². The van der Waals surface area contributed by atoms with E-state index >= 15 is 0 Å². The SMILES string of the molecule is CC(C)=CC(C)=C(C)C. The molecular formula is C9H16. The van der Waals surface area contributed by atoms with Crippen molar-refractivity contribution in [3.05, 3.63) is 22.8 Å². The summed E-state index contributed by atoms with van der Waals surface area (Å²) in [6, 6.07) is 0. The molecule has 0 radical (unpaired) electrons. The average Bonchev–Trinajstić information content (AvgIpc) is 1.63. The average molecular weight is 124 g/mol. The first-order valence-corrected chi connectivity index (χ1v) is 3.33. The van der Waals surface area contributed by atoms with Gasteiger partial charge in [-0.05, 0) is 34.6 Å². The molecule has 0 nitrogen and oxygen atoms in total. The zero-order valence-electron chi connectivity index (χ0n) is 7.08. The largest absolute Gasteiger partial charge is 0.0762 e. The Morgan fingerprint density at radius 3 is 1.44 bits per heavy atom. The second-order valence-corrected chi connectivity index (χ2v) is 2.90. The summed E-state index contributed by atoms with van der Waals surface area (Å²) in [5, 5.41) is 0. The van der Waals surface area contributed by atoms with Crippen LogP contribution < -0.4 is 0 Å². The molecule has 0 aromatic carbocycles. The first-order valence-electron chi connectivity index (χ1n) is 3.33. The summed E-state index contributed by atoms with van der Waals surface area (Å²) in [5.74, 6) is 0. The van der Waals surface area contributed by atoms with Crippen LogP contribution in [0.3, 0.4) is 0 Å². The van der Waals surface area contributed by atoms with Crippen molar-refractivity contribution in [2.45, 2.75) is 34.6 Å². The summed E-state index contributed by atoms with van der Waals surface area (Å²) in [7, 11) is 0. The smallest absolute Gasteiger partial charge is 0.0398 e.